The summed E-state index contributed by atoms with van der Waals surface area (Å²) in [6.07, 6.45) is 8.27. The Hall–Kier alpha value is -2.11. The van der Waals surface area contributed by atoms with Crippen molar-refractivity contribution in [3.63, 3.8) is 0 Å². The minimum Gasteiger partial charge on any atom is -0.335 e. The van der Waals surface area contributed by atoms with E-state index in [1.54, 1.807) is 6.20 Å². The van der Waals surface area contributed by atoms with E-state index in [1.807, 2.05) is 27.9 Å². The minimum atomic E-state index is -0.101. The van der Waals surface area contributed by atoms with Gasteiger partial charge in [0.15, 0.2) is 5.69 Å². The summed E-state index contributed by atoms with van der Waals surface area (Å²) in [5.74, 6) is 0.633. The molecule has 2 aromatic rings. The monoisotopic (exact) mass is 341 g/mol. The molecule has 1 saturated heterocycles. The van der Waals surface area contributed by atoms with Crippen LogP contribution in [0.3, 0.4) is 0 Å². The number of carbonyl (C=O) groups is 1. The van der Waals surface area contributed by atoms with Crippen LogP contribution in [0.4, 0.5) is 0 Å². The maximum atomic E-state index is 13.1. The summed E-state index contributed by atoms with van der Waals surface area (Å²) in [4.78, 5) is 15.0. The van der Waals surface area contributed by atoms with Crippen LogP contribution in [-0.2, 0) is 5.54 Å². The van der Waals surface area contributed by atoms with E-state index < -0.39 is 0 Å². The molecule has 134 valence electrons. The Morgan fingerprint density at radius 2 is 2.04 bits per heavy atom. The van der Waals surface area contributed by atoms with Gasteiger partial charge in [-0.25, -0.2) is 0 Å². The third-order valence-electron chi connectivity index (χ3n) is 5.17. The summed E-state index contributed by atoms with van der Waals surface area (Å²) in [6, 6.07) is 4.23. The Morgan fingerprint density at radius 1 is 1.24 bits per heavy atom. The van der Waals surface area contributed by atoms with Crippen molar-refractivity contribution in [1.29, 1.82) is 0 Å². The number of likely N-dealkylation sites (tertiary alicyclic amines) is 1. The van der Waals surface area contributed by atoms with Gasteiger partial charge in [0.05, 0.1) is 11.6 Å². The molecule has 1 aliphatic heterocycles. The average Bonchev–Trinajstić information content (AvgIpc) is 3.12. The number of nitrogens with zero attached hydrogens (tertiary/aromatic N) is 5. The zero-order valence-electron chi connectivity index (χ0n) is 15.4. The van der Waals surface area contributed by atoms with Gasteiger partial charge in [-0.05, 0) is 58.6 Å². The van der Waals surface area contributed by atoms with E-state index in [1.165, 1.54) is 18.5 Å². The highest BCUT2D eigenvalue weighted by Crippen LogP contribution is 2.42. The predicted molar refractivity (Wildman–Crippen MR) is 95.6 cm³/mol. The summed E-state index contributed by atoms with van der Waals surface area (Å²) in [6.45, 7) is 7.96. The van der Waals surface area contributed by atoms with Gasteiger partial charge in [0.1, 0.15) is 0 Å². The van der Waals surface area contributed by atoms with Crippen LogP contribution in [0.25, 0.3) is 0 Å². The van der Waals surface area contributed by atoms with E-state index in [0.29, 0.717) is 18.2 Å². The Bertz CT molecular complexity index is 751. The molecule has 1 aliphatic carbocycles. The van der Waals surface area contributed by atoms with Crippen LogP contribution in [0.1, 0.15) is 74.6 Å². The SMILES string of the molecule is CC(C)(C)n1nc(C(=O)N2CCCC(n3cccn3)C2)cc1C1CC1. The van der Waals surface area contributed by atoms with Crippen molar-refractivity contribution in [2.45, 2.75) is 64.0 Å². The molecule has 6 heteroatoms. The number of piperidine rings is 1. The standard InChI is InChI=1S/C19H27N5O/c1-19(2,3)24-17(14-7-8-14)12-16(21-24)18(25)22-10-4-6-15(13-22)23-11-5-9-20-23/h5,9,11-12,14-15H,4,6-8,10,13H2,1-3H3. The molecule has 6 nitrogen and oxygen atoms in total. The fraction of sp³-hybridized carbons (Fsp3) is 0.632. The van der Waals surface area contributed by atoms with Gasteiger partial charge >= 0.3 is 0 Å². The summed E-state index contributed by atoms with van der Waals surface area (Å²) < 4.78 is 4.04. The Kier molecular flexibility index (Phi) is 3.93. The van der Waals surface area contributed by atoms with Crippen molar-refractivity contribution in [3.05, 3.63) is 35.9 Å². The lowest BCUT2D eigenvalue weighted by atomic mass is 10.1. The Balaban J connectivity index is 1.56. The van der Waals surface area contributed by atoms with Crippen molar-refractivity contribution >= 4 is 5.91 Å². The van der Waals surface area contributed by atoms with Gasteiger partial charge in [-0.2, -0.15) is 10.2 Å². The minimum absolute atomic E-state index is 0.0572. The molecule has 2 fully saturated rings. The first-order valence-electron chi connectivity index (χ1n) is 9.32. The quantitative estimate of drug-likeness (QED) is 0.861. The average molecular weight is 341 g/mol. The van der Waals surface area contributed by atoms with Gasteiger partial charge in [0, 0.05) is 37.1 Å². The molecule has 1 amide bonds. The molecule has 1 saturated carbocycles. The van der Waals surface area contributed by atoms with Crippen LogP contribution in [0.5, 0.6) is 0 Å². The highest BCUT2D eigenvalue weighted by Gasteiger charge is 2.34. The van der Waals surface area contributed by atoms with Crippen LogP contribution in [0, 0.1) is 0 Å². The van der Waals surface area contributed by atoms with Crippen LogP contribution < -0.4 is 0 Å². The van der Waals surface area contributed by atoms with Gasteiger partial charge in [0.2, 0.25) is 0 Å². The van der Waals surface area contributed by atoms with E-state index in [0.717, 1.165) is 19.4 Å². The van der Waals surface area contributed by atoms with Crippen molar-refractivity contribution in [3.8, 4) is 0 Å². The normalized spacial score (nSPS) is 21.6. The molecule has 0 aromatic carbocycles. The highest BCUT2D eigenvalue weighted by molar-refractivity contribution is 5.92. The molecule has 1 atom stereocenters. The number of amides is 1. The second kappa shape index (κ2) is 6.00. The van der Waals surface area contributed by atoms with Gasteiger partial charge in [0.25, 0.3) is 5.91 Å². The maximum Gasteiger partial charge on any atom is 0.274 e. The van der Waals surface area contributed by atoms with Crippen LogP contribution in [0.15, 0.2) is 24.5 Å². The first kappa shape index (κ1) is 16.4. The molecule has 3 heterocycles. The first-order chi connectivity index (χ1) is 11.9. The summed E-state index contributed by atoms with van der Waals surface area (Å²) in [5, 5.41) is 9.06. The van der Waals surface area contributed by atoms with E-state index in [9.17, 15) is 4.79 Å². The van der Waals surface area contributed by atoms with Gasteiger partial charge in [-0.3, -0.25) is 14.2 Å². The van der Waals surface area contributed by atoms with Gasteiger partial charge in [-0.1, -0.05) is 0 Å². The molecular formula is C19H27N5O. The van der Waals surface area contributed by atoms with Gasteiger partial charge < -0.3 is 4.90 Å². The molecule has 0 bridgehead atoms. The molecule has 0 N–H and O–H groups in total. The molecule has 25 heavy (non-hydrogen) atoms. The molecule has 0 spiro atoms. The number of hydrogen-bond acceptors (Lipinski definition) is 3. The van der Waals surface area contributed by atoms with E-state index >= 15 is 0 Å². The topological polar surface area (TPSA) is 56.0 Å². The molecule has 2 aliphatic rings. The third kappa shape index (κ3) is 3.22. The molecular weight excluding hydrogens is 314 g/mol. The number of hydrogen-bond donors (Lipinski definition) is 0. The number of carbonyl (C=O) groups excluding carboxylic acids is 1. The first-order valence-corrected chi connectivity index (χ1v) is 9.32. The smallest absolute Gasteiger partial charge is 0.274 e. The predicted octanol–water partition coefficient (Wildman–Crippen LogP) is 3.19. The zero-order valence-corrected chi connectivity index (χ0v) is 15.4. The lowest BCUT2D eigenvalue weighted by Gasteiger charge is -2.32. The summed E-state index contributed by atoms with van der Waals surface area (Å²) in [5.41, 5.74) is 1.71. The molecule has 2 aromatic heterocycles. The Labute approximate surface area is 148 Å². The second-order valence-electron chi connectivity index (χ2n) is 8.34. The third-order valence-corrected chi connectivity index (χ3v) is 5.17. The van der Waals surface area contributed by atoms with Crippen LogP contribution in [0.2, 0.25) is 0 Å². The molecule has 0 radical (unpaired) electrons. The van der Waals surface area contributed by atoms with Crippen LogP contribution >= 0.6 is 0 Å². The molecule has 4 rings (SSSR count). The lowest BCUT2D eigenvalue weighted by molar-refractivity contribution is 0.0665. The maximum absolute atomic E-state index is 13.1. The number of aromatic nitrogens is 4. The van der Waals surface area contributed by atoms with Crippen molar-refractivity contribution in [1.82, 2.24) is 24.5 Å². The fourth-order valence-corrected chi connectivity index (χ4v) is 3.72. The highest BCUT2D eigenvalue weighted by atomic mass is 16.2. The fourth-order valence-electron chi connectivity index (χ4n) is 3.72. The van der Waals surface area contributed by atoms with Crippen molar-refractivity contribution in [2.75, 3.05) is 13.1 Å². The molecule has 1 unspecified atom stereocenters. The number of rotatable bonds is 3. The van der Waals surface area contributed by atoms with Crippen LogP contribution in [-0.4, -0.2) is 43.5 Å². The van der Waals surface area contributed by atoms with E-state index in [-0.39, 0.29) is 17.5 Å². The second-order valence-corrected chi connectivity index (χ2v) is 8.34. The van der Waals surface area contributed by atoms with Crippen molar-refractivity contribution < 1.29 is 4.79 Å². The van der Waals surface area contributed by atoms with Crippen molar-refractivity contribution in [2.24, 2.45) is 0 Å². The van der Waals surface area contributed by atoms with E-state index in [2.05, 4.69) is 30.6 Å². The largest absolute Gasteiger partial charge is 0.335 e. The van der Waals surface area contributed by atoms with Gasteiger partial charge in [-0.15, -0.1) is 0 Å². The summed E-state index contributed by atoms with van der Waals surface area (Å²) in [7, 11) is 0. The van der Waals surface area contributed by atoms with E-state index in [4.69, 9.17) is 5.10 Å². The Morgan fingerprint density at radius 3 is 2.68 bits per heavy atom. The lowest BCUT2D eigenvalue weighted by Crippen LogP contribution is -2.41. The zero-order chi connectivity index (χ0) is 17.6. The summed E-state index contributed by atoms with van der Waals surface area (Å²) >= 11 is 0.